The van der Waals surface area contributed by atoms with E-state index in [9.17, 15) is 9.18 Å². The summed E-state index contributed by atoms with van der Waals surface area (Å²) in [7, 11) is 1.58. The zero-order chi connectivity index (χ0) is 20.2. The van der Waals surface area contributed by atoms with Crippen LogP contribution in [0.4, 0.5) is 9.52 Å². The Hall–Kier alpha value is -3.45. The number of furan rings is 1. The monoisotopic (exact) mass is 408 g/mol. The van der Waals surface area contributed by atoms with E-state index in [1.165, 1.54) is 23.5 Å². The summed E-state index contributed by atoms with van der Waals surface area (Å²) >= 11 is 1.34. The SMILES string of the molecule is COc1ccc(C(=O)N(Cc2ccco2)c2nc(-c3ccc(F)cc3)cs2)cc1. The second-order valence-corrected chi connectivity index (χ2v) is 7.06. The predicted molar refractivity (Wildman–Crippen MR) is 110 cm³/mol. The van der Waals surface area contributed by atoms with Crippen LogP contribution in [0.15, 0.2) is 76.7 Å². The quantitative estimate of drug-likeness (QED) is 0.429. The van der Waals surface area contributed by atoms with Crippen LogP contribution in [0, 0.1) is 5.82 Å². The predicted octanol–water partition coefficient (Wildman–Crippen LogP) is 5.40. The van der Waals surface area contributed by atoms with Crippen molar-refractivity contribution in [2.45, 2.75) is 6.54 Å². The molecular formula is C22H17FN2O3S. The average Bonchev–Trinajstić information content (AvgIpc) is 3.44. The molecule has 0 fully saturated rings. The topological polar surface area (TPSA) is 55.6 Å². The molecule has 0 aliphatic carbocycles. The molecule has 146 valence electrons. The summed E-state index contributed by atoms with van der Waals surface area (Å²) in [5, 5.41) is 2.38. The van der Waals surface area contributed by atoms with Crippen LogP contribution in [-0.2, 0) is 6.54 Å². The van der Waals surface area contributed by atoms with Crippen LogP contribution in [0.25, 0.3) is 11.3 Å². The van der Waals surface area contributed by atoms with E-state index in [0.717, 1.165) is 5.56 Å². The van der Waals surface area contributed by atoms with Gasteiger partial charge in [-0.1, -0.05) is 0 Å². The minimum atomic E-state index is -0.307. The van der Waals surface area contributed by atoms with E-state index in [1.807, 2.05) is 11.4 Å². The van der Waals surface area contributed by atoms with E-state index in [1.54, 1.807) is 60.7 Å². The van der Waals surface area contributed by atoms with Crippen LogP contribution in [0.3, 0.4) is 0 Å². The number of thiazole rings is 1. The van der Waals surface area contributed by atoms with Crippen LogP contribution in [-0.4, -0.2) is 18.0 Å². The van der Waals surface area contributed by atoms with Crippen molar-refractivity contribution < 1.29 is 18.3 Å². The largest absolute Gasteiger partial charge is 0.497 e. The fraction of sp³-hybridized carbons (Fsp3) is 0.0909. The lowest BCUT2D eigenvalue weighted by Crippen LogP contribution is -2.30. The molecule has 0 saturated heterocycles. The highest BCUT2D eigenvalue weighted by Crippen LogP contribution is 2.30. The Labute approximate surface area is 171 Å². The van der Waals surface area contributed by atoms with Gasteiger partial charge >= 0.3 is 0 Å². The van der Waals surface area contributed by atoms with Gasteiger partial charge in [-0.2, -0.15) is 0 Å². The van der Waals surface area contributed by atoms with E-state index < -0.39 is 0 Å². The van der Waals surface area contributed by atoms with Crippen molar-refractivity contribution in [1.82, 2.24) is 4.98 Å². The van der Waals surface area contributed by atoms with Gasteiger partial charge in [-0.25, -0.2) is 9.37 Å². The van der Waals surface area contributed by atoms with E-state index in [-0.39, 0.29) is 18.3 Å². The van der Waals surface area contributed by atoms with Gasteiger partial charge in [-0.3, -0.25) is 9.69 Å². The number of methoxy groups -OCH3 is 1. The summed E-state index contributed by atoms with van der Waals surface area (Å²) in [5.41, 5.74) is 1.97. The van der Waals surface area contributed by atoms with Crippen LogP contribution >= 0.6 is 11.3 Å². The van der Waals surface area contributed by atoms with E-state index in [2.05, 4.69) is 4.98 Å². The first-order valence-corrected chi connectivity index (χ1v) is 9.72. The second kappa shape index (κ2) is 8.28. The number of anilines is 1. The Bertz CT molecular complexity index is 1090. The third-order valence-electron chi connectivity index (χ3n) is 4.34. The van der Waals surface area contributed by atoms with Gasteiger partial charge in [0.15, 0.2) is 5.13 Å². The van der Waals surface area contributed by atoms with Crippen molar-refractivity contribution in [3.63, 3.8) is 0 Å². The summed E-state index contributed by atoms with van der Waals surface area (Å²) in [4.78, 5) is 19.4. The van der Waals surface area contributed by atoms with E-state index in [0.29, 0.717) is 27.9 Å². The third kappa shape index (κ3) is 4.20. The Kier molecular flexibility index (Phi) is 5.39. The molecule has 0 N–H and O–H groups in total. The molecule has 0 aliphatic heterocycles. The molecule has 0 spiro atoms. The van der Waals surface area contributed by atoms with Crippen molar-refractivity contribution in [2.24, 2.45) is 0 Å². The van der Waals surface area contributed by atoms with Crippen LogP contribution in [0.5, 0.6) is 5.75 Å². The van der Waals surface area contributed by atoms with Gasteiger partial charge in [-0.05, 0) is 60.7 Å². The van der Waals surface area contributed by atoms with Crippen LogP contribution in [0.1, 0.15) is 16.1 Å². The number of carbonyl (C=O) groups excluding carboxylic acids is 1. The Morgan fingerprint density at radius 1 is 1.14 bits per heavy atom. The minimum Gasteiger partial charge on any atom is -0.497 e. The van der Waals surface area contributed by atoms with Crippen molar-refractivity contribution in [3.05, 3.63) is 89.4 Å². The highest BCUT2D eigenvalue weighted by Gasteiger charge is 2.22. The number of halogens is 1. The molecule has 7 heteroatoms. The standard InChI is InChI=1S/C22H17FN2O3S/c1-27-18-10-6-16(7-11-18)21(26)25(13-19-3-2-12-28-19)22-24-20(14-29-22)15-4-8-17(23)9-5-15/h2-12,14H,13H2,1H3. The zero-order valence-corrected chi connectivity index (χ0v) is 16.4. The number of nitrogens with zero attached hydrogens (tertiary/aromatic N) is 2. The van der Waals surface area contributed by atoms with Gasteiger partial charge < -0.3 is 9.15 Å². The normalized spacial score (nSPS) is 10.7. The number of aromatic nitrogens is 1. The van der Waals surface area contributed by atoms with Gasteiger partial charge in [0.1, 0.15) is 17.3 Å². The number of ether oxygens (including phenoxy) is 1. The van der Waals surface area contributed by atoms with Gasteiger partial charge in [0.05, 0.1) is 25.6 Å². The molecular weight excluding hydrogens is 391 g/mol. The number of amides is 1. The molecule has 4 aromatic rings. The number of benzene rings is 2. The lowest BCUT2D eigenvalue weighted by atomic mass is 10.2. The summed E-state index contributed by atoms with van der Waals surface area (Å²) in [6.07, 6.45) is 1.57. The van der Waals surface area contributed by atoms with Crippen molar-refractivity contribution in [1.29, 1.82) is 0 Å². The smallest absolute Gasteiger partial charge is 0.260 e. The number of rotatable bonds is 6. The van der Waals surface area contributed by atoms with Crippen molar-refractivity contribution in [2.75, 3.05) is 12.0 Å². The summed E-state index contributed by atoms with van der Waals surface area (Å²) in [6, 6.07) is 16.6. The highest BCUT2D eigenvalue weighted by molar-refractivity contribution is 7.14. The summed E-state index contributed by atoms with van der Waals surface area (Å²) < 4.78 is 23.8. The van der Waals surface area contributed by atoms with Gasteiger partial charge in [-0.15, -0.1) is 11.3 Å². The molecule has 2 aromatic carbocycles. The maximum Gasteiger partial charge on any atom is 0.260 e. The molecule has 2 aromatic heterocycles. The lowest BCUT2D eigenvalue weighted by molar-refractivity contribution is 0.0983. The molecule has 2 heterocycles. The van der Waals surface area contributed by atoms with Gasteiger partial charge in [0.2, 0.25) is 0 Å². The molecule has 0 atom stereocenters. The highest BCUT2D eigenvalue weighted by atomic mass is 32.1. The molecule has 0 unspecified atom stereocenters. The molecule has 0 radical (unpaired) electrons. The maximum atomic E-state index is 13.2. The average molecular weight is 408 g/mol. The third-order valence-corrected chi connectivity index (χ3v) is 5.20. The molecule has 5 nitrogen and oxygen atoms in total. The first kappa shape index (κ1) is 18.9. The molecule has 4 rings (SSSR count). The van der Waals surface area contributed by atoms with Crippen LogP contribution in [0.2, 0.25) is 0 Å². The summed E-state index contributed by atoms with van der Waals surface area (Å²) in [5.74, 6) is 0.805. The summed E-state index contributed by atoms with van der Waals surface area (Å²) in [6.45, 7) is 0.244. The fourth-order valence-corrected chi connectivity index (χ4v) is 3.65. The molecule has 0 bridgehead atoms. The second-order valence-electron chi connectivity index (χ2n) is 6.22. The Balaban J connectivity index is 1.66. The Morgan fingerprint density at radius 2 is 1.90 bits per heavy atom. The van der Waals surface area contributed by atoms with Gasteiger partial charge in [0, 0.05) is 16.5 Å². The Morgan fingerprint density at radius 3 is 2.55 bits per heavy atom. The number of hydrogen-bond acceptors (Lipinski definition) is 5. The van der Waals surface area contributed by atoms with E-state index >= 15 is 0 Å². The fourth-order valence-electron chi connectivity index (χ4n) is 2.82. The molecule has 0 aliphatic rings. The first-order chi connectivity index (χ1) is 14.1. The van der Waals surface area contributed by atoms with Gasteiger partial charge in [0.25, 0.3) is 5.91 Å². The molecule has 0 saturated carbocycles. The molecule has 1 amide bonds. The number of carbonyl (C=O) groups is 1. The first-order valence-electron chi connectivity index (χ1n) is 8.84. The molecule has 29 heavy (non-hydrogen) atoms. The van der Waals surface area contributed by atoms with E-state index in [4.69, 9.17) is 9.15 Å². The maximum absolute atomic E-state index is 13.2. The zero-order valence-electron chi connectivity index (χ0n) is 15.5. The van der Waals surface area contributed by atoms with Crippen molar-refractivity contribution in [3.8, 4) is 17.0 Å². The number of hydrogen-bond donors (Lipinski definition) is 0. The van der Waals surface area contributed by atoms with Crippen LogP contribution < -0.4 is 9.64 Å². The minimum absolute atomic E-state index is 0.205. The lowest BCUT2D eigenvalue weighted by Gasteiger charge is -2.19. The van der Waals surface area contributed by atoms with Crippen molar-refractivity contribution >= 4 is 22.4 Å².